The molecule has 1 aromatic carbocycles. The van der Waals surface area contributed by atoms with E-state index < -0.39 is 0 Å². The molecule has 1 amide bonds. The van der Waals surface area contributed by atoms with Gasteiger partial charge in [-0.3, -0.25) is 9.69 Å². The molecule has 1 N–H and O–H groups in total. The maximum absolute atomic E-state index is 12.4. The number of halogens is 2. The summed E-state index contributed by atoms with van der Waals surface area (Å²) in [4.78, 5) is 15.0. The van der Waals surface area contributed by atoms with Gasteiger partial charge < -0.3 is 10.1 Å². The van der Waals surface area contributed by atoms with Crippen LogP contribution in [0.1, 0.15) is 51.4 Å². The van der Waals surface area contributed by atoms with Crippen molar-refractivity contribution < 1.29 is 9.53 Å². The molecule has 3 rings (SSSR count). The topological polar surface area (TPSA) is 41.6 Å². The van der Waals surface area contributed by atoms with E-state index in [1.54, 1.807) is 18.2 Å². The number of carbonyl (C=O) groups excluding carboxylic acids is 1. The predicted octanol–water partition coefficient (Wildman–Crippen LogP) is 4.79. The van der Waals surface area contributed by atoms with Gasteiger partial charge in [-0.2, -0.15) is 0 Å². The molecule has 1 aliphatic carbocycles. The van der Waals surface area contributed by atoms with Gasteiger partial charge in [0, 0.05) is 17.1 Å². The first-order valence-corrected chi connectivity index (χ1v) is 10.9. The lowest BCUT2D eigenvalue weighted by molar-refractivity contribution is -0.124. The molecular weight excluding hydrogens is 416 g/mol. The zero-order valence-corrected chi connectivity index (χ0v) is 17.6. The number of hydrogen-bond acceptors (Lipinski definition) is 3. The van der Waals surface area contributed by atoms with Gasteiger partial charge in [0.15, 0.2) is 6.61 Å². The Kier molecular flexibility index (Phi) is 7.24. The summed E-state index contributed by atoms with van der Waals surface area (Å²) in [6.07, 6.45) is 10.1. The van der Waals surface area contributed by atoms with E-state index in [9.17, 15) is 4.79 Å². The third-order valence-electron chi connectivity index (χ3n) is 5.68. The Balaban J connectivity index is 1.53. The molecule has 0 atom stereocenters. The third kappa shape index (κ3) is 5.14. The average Bonchev–Trinajstić information content (AvgIpc) is 2.67. The minimum absolute atomic E-state index is 0.0241. The number of nitrogens with zero attached hydrogens (tertiary/aromatic N) is 1. The summed E-state index contributed by atoms with van der Waals surface area (Å²) in [7, 11) is 0. The van der Waals surface area contributed by atoms with Gasteiger partial charge in [-0.15, -0.1) is 0 Å². The number of amides is 1. The van der Waals surface area contributed by atoms with E-state index in [0.29, 0.717) is 10.8 Å². The van der Waals surface area contributed by atoms with Crippen molar-refractivity contribution in [1.29, 1.82) is 0 Å². The number of ether oxygens (including phenoxy) is 1. The van der Waals surface area contributed by atoms with Crippen LogP contribution < -0.4 is 10.1 Å². The number of nitrogens with one attached hydrogen (secondary N) is 1. The van der Waals surface area contributed by atoms with Gasteiger partial charge >= 0.3 is 0 Å². The van der Waals surface area contributed by atoms with E-state index in [2.05, 4.69) is 26.1 Å². The van der Waals surface area contributed by atoms with Gasteiger partial charge in [0.25, 0.3) is 5.91 Å². The van der Waals surface area contributed by atoms with Crippen LogP contribution in [-0.2, 0) is 4.79 Å². The van der Waals surface area contributed by atoms with E-state index in [4.69, 9.17) is 16.3 Å². The number of carbonyl (C=O) groups is 1. The number of rotatable bonds is 6. The van der Waals surface area contributed by atoms with Gasteiger partial charge in [-0.05, 0) is 72.9 Å². The number of benzene rings is 1. The molecule has 1 aromatic rings. The Morgan fingerprint density at radius 3 is 2.54 bits per heavy atom. The van der Waals surface area contributed by atoms with E-state index in [0.717, 1.165) is 11.0 Å². The molecule has 1 saturated heterocycles. The van der Waals surface area contributed by atoms with Gasteiger partial charge in [0.2, 0.25) is 0 Å². The van der Waals surface area contributed by atoms with Crippen molar-refractivity contribution in [2.24, 2.45) is 0 Å². The number of hydrogen-bond donors (Lipinski definition) is 1. The van der Waals surface area contributed by atoms with Crippen molar-refractivity contribution in [1.82, 2.24) is 10.2 Å². The largest absolute Gasteiger partial charge is 0.483 e. The first-order valence-electron chi connectivity index (χ1n) is 9.69. The van der Waals surface area contributed by atoms with Gasteiger partial charge in [-0.1, -0.05) is 37.3 Å². The summed E-state index contributed by atoms with van der Waals surface area (Å²) in [6, 6.07) is 5.30. The van der Waals surface area contributed by atoms with Crippen LogP contribution in [0.2, 0.25) is 5.02 Å². The van der Waals surface area contributed by atoms with Gasteiger partial charge in [-0.25, -0.2) is 0 Å². The Morgan fingerprint density at radius 2 is 1.85 bits per heavy atom. The van der Waals surface area contributed by atoms with Crippen LogP contribution in [0.3, 0.4) is 0 Å². The number of piperidine rings is 1. The van der Waals surface area contributed by atoms with Crippen molar-refractivity contribution in [3.8, 4) is 5.75 Å². The lowest BCUT2D eigenvalue weighted by Crippen LogP contribution is -2.58. The fraction of sp³-hybridized carbons (Fsp3) is 0.650. The van der Waals surface area contributed by atoms with Crippen molar-refractivity contribution in [3.05, 3.63) is 27.7 Å². The summed E-state index contributed by atoms with van der Waals surface area (Å²) in [6.45, 7) is 3.10. The standard InChI is InChI=1S/C20H28BrClN2O2/c21-17-13-16(22)7-8-18(17)26-14-19(25)23-15-20(9-3-1-4-10-20)24-11-5-2-6-12-24/h7-8,13H,1-6,9-12,14-15H2,(H,23,25). The van der Waals surface area contributed by atoms with E-state index in [1.807, 2.05) is 0 Å². The van der Waals surface area contributed by atoms with Crippen LogP contribution in [0.5, 0.6) is 5.75 Å². The maximum atomic E-state index is 12.4. The molecule has 26 heavy (non-hydrogen) atoms. The zero-order valence-electron chi connectivity index (χ0n) is 15.2. The minimum atomic E-state index is -0.0613. The van der Waals surface area contributed by atoms with E-state index in [-0.39, 0.29) is 18.1 Å². The van der Waals surface area contributed by atoms with Crippen molar-refractivity contribution in [2.75, 3.05) is 26.2 Å². The third-order valence-corrected chi connectivity index (χ3v) is 6.53. The Bertz CT molecular complexity index is 614. The molecule has 6 heteroatoms. The predicted molar refractivity (Wildman–Crippen MR) is 109 cm³/mol. The molecule has 0 unspecified atom stereocenters. The summed E-state index contributed by atoms with van der Waals surface area (Å²) >= 11 is 9.35. The normalized spacial score (nSPS) is 20.5. The smallest absolute Gasteiger partial charge is 0.258 e. The summed E-state index contributed by atoms with van der Waals surface area (Å²) < 4.78 is 6.40. The molecule has 0 spiro atoms. The van der Waals surface area contributed by atoms with Crippen molar-refractivity contribution in [2.45, 2.75) is 56.9 Å². The first-order chi connectivity index (χ1) is 12.6. The second kappa shape index (κ2) is 9.43. The van der Waals surface area contributed by atoms with Crippen LogP contribution in [-0.4, -0.2) is 42.6 Å². The molecule has 1 saturated carbocycles. The minimum Gasteiger partial charge on any atom is -0.483 e. The molecular formula is C20H28BrClN2O2. The molecule has 144 valence electrons. The molecule has 0 aromatic heterocycles. The second-order valence-electron chi connectivity index (χ2n) is 7.47. The molecule has 0 radical (unpaired) electrons. The monoisotopic (exact) mass is 442 g/mol. The molecule has 4 nitrogen and oxygen atoms in total. The van der Waals surface area contributed by atoms with Crippen LogP contribution in [0, 0.1) is 0 Å². The molecule has 0 bridgehead atoms. The fourth-order valence-electron chi connectivity index (χ4n) is 4.23. The molecule has 1 aliphatic heterocycles. The summed E-state index contributed by atoms with van der Waals surface area (Å²) in [5.74, 6) is 0.571. The Morgan fingerprint density at radius 1 is 1.15 bits per heavy atom. The van der Waals surface area contributed by atoms with Crippen LogP contribution in [0.15, 0.2) is 22.7 Å². The van der Waals surface area contributed by atoms with E-state index >= 15 is 0 Å². The quantitative estimate of drug-likeness (QED) is 0.687. The molecule has 1 heterocycles. The van der Waals surface area contributed by atoms with Gasteiger partial charge in [0.05, 0.1) is 4.47 Å². The SMILES string of the molecule is O=C(COc1ccc(Cl)cc1Br)NCC1(N2CCCCC2)CCCCC1. The lowest BCUT2D eigenvalue weighted by Gasteiger charge is -2.48. The maximum Gasteiger partial charge on any atom is 0.258 e. The molecule has 2 fully saturated rings. The molecule has 2 aliphatic rings. The number of likely N-dealkylation sites (tertiary alicyclic amines) is 1. The van der Waals surface area contributed by atoms with Gasteiger partial charge in [0.1, 0.15) is 5.75 Å². The fourth-order valence-corrected chi connectivity index (χ4v) is 5.03. The summed E-state index contributed by atoms with van der Waals surface area (Å²) in [5, 5.41) is 3.78. The van der Waals surface area contributed by atoms with E-state index in [1.165, 1.54) is 64.5 Å². The zero-order chi connectivity index (χ0) is 18.4. The highest BCUT2D eigenvalue weighted by Crippen LogP contribution is 2.35. The highest BCUT2D eigenvalue weighted by molar-refractivity contribution is 9.10. The summed E-state index contributed by atoms with van der Waals surface area (Å²) in [5.41, 5.74) is 0.148. The van der Waals surface area contributed by atoms with Crippen molar-refractivity contribution in [3.63, 3.8) is 0 Å². The van der Waals surface area contributed by atoms with Crippen LogP contribution in [0.4, 0.5) is 0 Å². The van der Waals surface area contributed by atoms with Crippen LogP contribution >= 0.6 is 27.5 Å². The lowest BCUT2D eigenvalue weighted by atomic mass is 9.79. The Hall–Kier alpha value is -0.780. The Labute approximate surface area is 169 Å². The van der Waals surface area contributed by atoms with Crippen LogP contribution in [0.25, 0.3) is 0 Å². The highest BCUT2D eigenvalue weighted by Gasteiger charge is 2.38. The highest BCUT2D eigenvalue weighted by atomic mass is 79.9. The van der Waals surface area contributed by atoms with Crippen molar-refractivity contribution >= 4 is 33.4 Å². The first kappa shape index (κ1) is 20.0. The average molecular weight is 444 g/mol. The second-order valence-corrected chi connectivity index (χ2v) is 8.76.